The van der Waals surface area contributed by atoms with Crippen LogP contribution in [0.1, 0.15) is 26.7 Å². The normalized spacial score (nSPS) is 11.1. The Kier molecular flexibility index (Phi) is 6.15. The lowest BCUT2D eigenvalue weighted by atomic mass is 10.3. The number of hydrogen-bond donors (Lipinski definition) is 0. The van der Waals surface area contributed by atoms with Crippen LogP contribution < -0.4 is 0 Å². The second-order valence-corrected chi connectivity index (χ2v) is 2.53. The third kappa shape index (κ3) is 4.77. The minimum Gasteiger partial charge on any atom is -0.504 e. The average molecular weight is 172 g/mol. The van der Waals surface area contributed by atoms with E-state index >= 15 is 0 Å². The van der Waals surface area contributed by atoms with E-state index in [0.29, 0.717) is 12.2 Å². The Morgan fingerprint density at radius 1 is 1.50 bits per heavy atom. The minimum atomic E-state index is -0.301. The maximum Gasteiger partial charge on any atom is 0.336 e. The Labute approximate surface area is 73.4 Å². The van der Waals surface area contributed by atoms with Gasteiger partial charge in [0.2, 0.25) is 0 Å². The van der Waals surface area contributed by atoms with Crippen molar-refractivity contribution >= 4 is 5.97 Å². The number of carbonyl (C=O) groups is 1. The van der Waals surface area contributed by atoms with Crippen molar-refractivity contribution in [2.45, 2.75) is 26.7 Å². The van der Waals surface area contributed by atoms with Gasteiger partial charge in [0.15, 0.2) is 0 Å². The first kappa shape index (κ1) is 11.0. The molecular formula is C9H16O3. The molecule has 0 aliphatic carbocycles. The third-order valence-electron chi connectivity index (χ3n) is 1.35. The maximum absolute atomic E-state index is 11.0. The number of hydrogen-bond acceptors (Lipinski definition) is 3. The van der Waals surface area contributed by atoms with Gasteiger partial charge in [-0.2, -0.15) is 0 Å². The number of esters is 1. The van der Waals surface area contributed by atoms with E-state index < -0.39 is 0 Å². The highest BCUT2D eigenvalue weighted by molar-refractivity contribution is 5.87. The second-order valence-electron chi connectivity index (χ2n) is 2.53. The predicted molar refractivity (Wildman–Crippen MR) is 46.6 cm³/mol. The molecule has 0 aromatic carbocycles. The van der Waals surface area contributed by atoms with Crippen molar-refractivity contribution < 1.29 is 14.3 Å². The van der Waals surface area contributed by atoms with Crippen molar-refractivity contribution in [2.24, 2.45) is 0 Å². The van der Waals surface area contributed by atoms with Crippen LogP contribution in [0.5, 0.6) is 0 Å². The Balaban J connectivity index is 3.64. The van der Waals surface area contributed by atoms with E-state index in [1.165, 1.54) is 13.4 Å². The summed E-state index contributed by atoms with van der Waals surface area (Å²) in [7, 11) is 1.50. The fourth-order valence-corrected chi connectivity index (χ4v) is 0.648. The lowest BCUT2D eigenvalue weighted by molar-refractivity contribution is -0.139. The van der Waals surface area contributed by atoms with Gasteiger partial charge < -0.3 is 9.47 Å². The molecule has 0 unspecified atom stereocenters. The van der Waals surface area contributed by atoms with E-state index in [9.17, 15) is 4.79 Å². The highest BCUT2D eigenvalue weighted by atomic mass is 16.5. The van der Waals surface area contributed by atoms with Crippen molar-refractivity contribution in [2.75, 3.05) is 13.7 Å². The quantitative estimate of drug-likeness (QED) is 0.275. The molecular weight excluding hydrogens is 156 g/mol. The molecule has 0 aromatic heterocycles. The summed E-state index contributed by atoms with van der Waals surface area (Å²) in [5, 5.41) is 0. The molecule has 0 aliphatic heterocycles. The number of ether oxygens (including phenoxy) is 2. The lowest BCUT2D eigenvalue weighted by Crippen LogP contribution is -2.06. The average Bonchev–Trinajstić information content (AvgIpc) is 2.05. The summed E-state index contributed by atoms with van der Waals surface area (Å²) in [5.41, 5.74) is 0.494. The molecule has 0 bridgehead atoms. The van der Waals surface area contributed by atoms with Crippen LogP contribution >= 0.6 is 0 Å². The Morgan fingerprint density at radius 2 is 2.17 bits per heavy atom. The van der Waals surface area contributed by atoms with Crippen LogP contribution in [0.4, 0.5) is 0 Å². The molecule has 0 aromatic rings. The van der Waals surface area contributed by atoms with Crippen LogP contribution in [0.15, 0.2) is 11.8 Å². The minimum absolute atomic E-state index is 0.301. The molecule has 0 heterocycles. The van der Waals surface area contributed by atoms with Gasteiger partial charge >= 0.3 is 5.97 Å². The largest absolute Gasteiger partial charge is 0.504 e. The Bertz CT molecular complexity index is 161. The molecule has 12 heavy (non-hydrogen) atoms. The van der Waals surface area contributed by atoms with Crippen LogP contribution in [-0.2, 0) is 14.3 Å². The number of methoxy groups -OCH3 is 1. The molecule has 0 rings (SSSR count). The number of carbonyl (C=O) groups excluding carboxylic acids is 1. The van der Waals surface area contributed by atoms with Crippen molar-refractivity contribution in [1.29, 1.82) is 0 Å². The van der Waals surface area contributed by atoms with Crippen LogP contribution in [0.25, 0.3) is 0 Å². The molecule has 0 aliphatic rings. The molecule has 0 fully saturated rings. The first-order valence-electron chi connectivity index (χ1n) is 4.09. The molecule has 0 N–H and O–H groups in total. The number of unbranched alkanes of at least 4 members (excludes halogenated alkanes) is 1. The van der Waals surface area contributed by atoms with E-state index in [0.717, 1.165) is 12.8 Å². The van der Waals surface area contributed by atoms with Crippen LogP contribution in [-0.4, -0.2) is 19.7 Å². The summed E-state index contributed by atoms with van der Waals surface area (Å²) < 4.78 is 9.58. The monoisotopic (exact) mass is 172 g/mol. The van der Waals surface area contributed by atoms with Crippen LogP contribution in [0, 0.1) is 0 Å². The van der Waals surface area contributed by atoms with Gasteiger partial charge in [0, 0.05) is 0 Å². The van der Waals surface area contributed by atoms with Crippen molar-refractivity contribution in [3.05, 3.63) is 11.8 Å². The maximum atomic E-state index is 11.0. The number of rotatable bonds is 5. The van der Waals surface area contributed by atoms with Gasteiger partial charge in [-0.05, 0) is 13.3 Å². The van der Waals surface area contributed by atoms with Gasteiger partial charge in [-0.3, -0.25) is 0 Å². The SMILES string of the molecule is CCCCOC(=O)/C(C)=C/OC. The standard InChI is InChI=1S/C9H16O3/c1-4-5-6-12-9(10)8(2)7-11-3/h7H,4-6H2,1-3H3/b8-7+. The van der Waals surface area contributed by atoms with Gasteiger partial charge in [-0.15, -0.1) is 0 Å². The third-order valence-corrected chi connectivity index (χ3v) is 1.35. The van der Waals surface area contributed by atoms with Crippen molar-refractivity contribution in [3.8, 4) is 0 Å². The van der Waals surface area contributed by atoms with Gasteiger partial charge in [-0.25, -0.2) is 4.79 Å². The molecule has 0 amide bonds. The van der Waals surface area contributed by atoms with Gasteiger partial charge in [0.05, 0.1) is 25.6 Å². The Hall–Kier alpha value is -0.990. The lowest BCUT2D eigenvalue weighted by Gasteiger charge is -2.02. The van der Waals surface area contributed by atoms with Gasteiger partial charge in [0.1, 0.15) is 0 Å². The van der Waals surface area contributed by atoms with Crippen molar-refractivity contribution in [1.82, 2.24) is 0 Å². The van der Waals surface area contributed by atoms with Crippen molar-refractivity contribution in [3.63, 3.8) is 0 Å². The topological polar surface area (TPSA) is 35.5 Å². The first-order chi connectivity index (χ1) is 5.72. The fraction of sp³-hybridized carbons (Fsp3) is 0.667. The van der Waals surface area contributed by atoms with Gasteiger partial charge in [-0.1, -0.05) is 13.3 Å². The Morgan fingerprint density at radius 3 is 2.67 bits per heavy atom. The van der Waals surface area contributed by atoms with E-state index in [1.807, 2.05) is 6.92 Å². The highest BCUT2D eigenvalue weighted by Gasteiger charge is 2.04. The molecule has 3 nitrogen and oxygen atoms in total. The molecule has 3 heteroatoms. The first-order valence-corrected chi connectivity index (χ1v) is 4.09. The highest BCUT2D eigenvalue weighted by Crippen LogP contribution is 1.98. The van der Waals surface area contributed by atoms with Crippen LogP contribution in [0.2, 0.25) is 0 Å². The molecule has 70 valence electrons. The zero-order valence-electron chi connectivity index (χ0n) is 7.92. The second kappa shape index (κ2) is 6.70. The zero-order chi connectivity index (χ0) is 9.40. The van der Waals surface area contributed by atoms with Crippen LogP contribution in [0.3, 0.4) is 0 Å². The molecule has 0 spiro atoms. The summed E-state index contributed by atoms with van der Waals surface area (Å²) in [6.07, 6.45) is 3.32. The molecule has 0 atom stereocenters. The summed E-state index contributed by atoms with van der Waals surface area (Å²) in [6.45, 7) is 4.20. The molecule has 0 saturated carbocycles. The summed E-state index contributed by atoms with van der Waals surface area (Å²) in [5.74, 6) is -0.301. The predicted octanol–water partition coefficient (Wildman–Crippen LogP) is 1.88. The molecule has 0 radical (unpaired) electrons. The fourth-order valence-electron chi connectivity index (χ4n) is 0.648. The van der Waals surface area contributed by atoms with E-state index in [-0.39, 0.29) is 5.97 Å². The summed E-state index contributed by atoms with van der Waals surface area (Å²) >= 11 is 0. The van der Waals surface area contributed by atoms with E-state index in [4.69, 9.17) is 4.74 Å². The van der Waals surface area contributed by atoms with E-state index in [2.05, 4.69) is 4.74 Å². The molecule has 0 saturated heterocycles. The van der Waals surface area contributed by atoms with E-state index in [1.54, 1.807) is 6.92 Å². The smallest absolute Gasteiger partial charge is 0.336 e. The summed E-state index contributed by atoms with van der Waals surface area (Å²) in [4.78, 5) is 11.0. The zero-order valence-corrected chi connectivity index (χ0v) is 7.92. The summed E-state index contributed by atoms with van der Waals surface area (Å²) in [6, 6.07) is 0. The van der Waals surface area contributed by atoms with Gasteiger partial charge in [0.25, 0.3) is 0 Å².